The minimum Gasteiger partial charge on any atom is -0.273 e. The topological polar surface area (TPSA) is 82.9 Å². The van der Waals surface area contributed by atoms with E-state index in [1.165, 1.54) is 22.3 Å². The molecule has 158 valence electrons. The largest absolute Gasteiger partial charge is 0.273 e. The van der Waals surface area contributed by atoms with E-state index < -0.39 is 0 Å². The zero-order valence-electron chi connectivity index (χ0n) is 18.6. The van der Waals surface area contributed by atoms with Crippen LogP contribution in [-0.2, 0) is 9.59 Å². The normalized spacial score (nSPS) is 11.9. The fourth-order valence-electron chi connectivity index (χ4n) is 2.69. The van der Waals surface area contributed by atoms with Gasteiger partial charge in [-0.3, -0.25) is 9.59 Å². The Labute approximate surface area is 178 Å². The van der Waals surface area contributed by atoms with Gasteiger partial charge in [0.05, 0.1) is 11.4 Å². The van der Waals surface area contributed by atoms with Crippen molar-refractivity contribution in [1.82, 2.24) is 10.9 Å². The second kappa shape index (κ2) is 10.5. The molecule has 6 nitrogen and oxygen atoms in total. The van der Waals surface area contributed by atoms with Crippen molar-refractivity contribution in [1.29, 1.82) is 0 Å². The summed E-state index contributed by atoms with van der Waals surface area (Å²) >= 11 is 0. The van der Waals surface area contributed by atoms with E-state index in [-0.39, 0.29) is 24.7 Å². The molecule has 0 saturated heterocycles. The first kappa shape index (κ1) is 23.0. The van der Waals surface area contributed by atoms with Crippen molar-refractivity contribution < 1.29 is 9.59 Å². The summed E-state index contributed by atoms with van der Waals surface area (Å²) in [6.45, 7) is 11.8. The molecule has 0 aliphatic carbocycles. The summed E-state index contributed by atoms with van der Waals surface area (Å²) < 4.78 is 0. The van der Waals surface area contributed by atoms with Crippen LogP contribution in [0.1, 0.15) is 60.1 Å². The fraction of sp³-hybridized carbons (Fsp3) is 0.333. The lowest BCUT2D eigenvalue weighted by Gasteiger charge is -2.06. The van der Waals surface area contributed by atoms with Gasteiger partial charge in [-0.05, 0) is 87.1 Å². The number of aryl methyl sites for hydroxylation is 4. The lowest BCUT2D eigenvalue weighted by Crippen LogP contribution is -2.24. The molecule has 2 aromatic rings. The van der Waals surface area contributed by atoms with Crippen molar-refractivity contribution in [2.45, 2.75) is 54.4 Å². The van der Waals surface area contributed by atoms with E-state index in [1.54, 1.807) is 0 Å². The van der Waals surface area contributed by atoms with Gasteiger partial charge in [-0.15, -0.1) is 0 Å². The number of hydrogen-bond acceptors (Lipinski definition) is 4. The molecule has 0 aliphatic heterocycles. The predicted octanol–water partition coefficient (Wildman–Crippen LogP) is 4.08. The van der Waals surface area contributed by atoms with Crippen molar-refractivity contribution in [3.8, 4) is 0 Å². The van der Waals surface area contributed by atoms with E-state index in [9.17, 15) is 9.59 Å². The molecule has 2 amide bonds. The molecule has 0 aliphatic rings. The molecule has 0 unspecified atom stereocenters. The second-order valence-electron chi connectivity index (χ2n) is 7.56. The Hall–Kier alpha value is -3.28. The van der Waals surface area contributed by atoms with E-state index in [4.69, 9.17) is 0 Å². The SMILES string of the molecule is CC(=NNC(=O)CCC(=O)NN=C(C)c1ccc(C)c(C)c1)c1ccc(C)c(C)c1. The van der Waals surface area contributed by atoms with Crippen LogP contribution in [0.3, 0.4) is 0 Å². The molecular formula is C24H30N4O2. The van der Waals surface area contributed by atoms with Crippen molar-refractivity contribution in [3.63, 3.8) is 0 Å². The molecular weight excluding hydrogens is 376 g/mol. The summed E-state index contributed by atoms with van der Waals surface area (Å²) in [5.74, 6) is -0.633. The zero-order valence-corrected chi connectivity index (χ0v) is 18.6. The van der Waals surface area contributed by atoms with Gasteiger partial charge in [0.2, 0.25) is 11.8 Å². The van der Waals surface area contributed by atoms with Crippen LogP contribution in [0.15, 0.2) is 46.6 Å². The van der Waals surface area contributed by atoms with Crippen LogP contribution < -0.4 is 10.9 Å². The van der Waals surface area contributed by atoms with Crippen molar-refractivity contribution in [3.05, 3.63) is 69.8 Å². The maximum atomic E-state index is 12.0. The Morgan fingerprint density at radius 3 is 1.37 bits per heavy atom. The van der Waals surface area contributed by atoms with Crippen molar-refractivity contribution in [2.75, 3.05) is 0 Å². The maximum absolute atomic E-state index is 12.0. The van der Waals surface area contributed by atoms with Gasteiger partial charge in [0.1, 0.15) is 0 Å². The Morgan fingerprint density at radius 2 is 1.03 bits per heavy atom. The first-order valence-corrected chi connectivity index (χ1v) is 9.99. The average molecular weight is 407 g/mol. The molecule has 0 atom stereocenters. The second-order valence-corrected chi connectivity index (χ2v) is 7.56. The smallest absolute Gasteiger partial charge is 0.240 e. The number of carbonyl (C=O) groups is 2. The molecule has 0 heterocycles. The Balaban J connectivity index is 1.82. The zero-order chi connectivity index (χ0) is 22.3. The van der Waals surface area contributed by atoms with Gasteiger partial charge in [-0.2, -0.15) is 10.2 Å². The van der Waals surface area contributed by atoms with E-state index in [2.05, 4.69) is 21.1 Å². The molecule has 0 saturated carbocycles. The maximum Gasteiger partial charge on any atom is 0.240 e. The monoisotopic (exact) mass is 406 g/mol. The van der Waals surface area contributed by atoms with Gasteiger partial charge >= 0.3 is 0 Å². The van der Waals surface area contributed by atoms with Gasteiger partial charge in [0.25, 0.3) is 0 Å². The summed E-state index contributed by atoms with van der Waals surface area (Å²) in [6.07, 6.45) is 0.0709. The minimum atomic E-state index is -0.316. The Morgan fingerprint density at radius 1 is 0.667 bits per heavy atom. The highest BCUT2D eigenvalue weighted by Gasteiger charge is 2.07. The summed E-state index contributed by atoms with van der Waals surface area (Å²) in [5, 5.41) is 8.26. The van der Waals surface area contributed by atoms with Gasteiger partial charge in [0.15, 0.2) is 0 Å². The molecule has 2 aromatic carbocycles. The lowest BCUT2D eigenvalue weighted by molar-refractivity contribution is -0.126. The Bertz CT molecular complexity index is 925. The van der Waals surface area contributed by atoms with Gasteiger partial charge < -0.3 is 0 Å². The highest BCUT2D eigenvalue weighted by molar-refractivity contribution is 6.00. The van der Waals surface area contributed by atoms with Crippen LogP contribution >= 0.6 is 0 Å². The molecule has 0 aromatic heterocycles. The first-order valence-electron chi connectivity index (χ1n) is 9.99. The van der Waals surface area contributed by atoms with Gasteiger partial charge in [0, 0.05) is 12.8 Å². The predicted molar refractivity (Wildman–Crippen MR) is 122 cm³/mol. The minimum absolute atomic E-state index is 0.0355. The number of hydrazone groups is 2. The molecule has 0 spiro atoms. The third kappa shape index (κ3) is 6.65. The number of amides is 2. The van der Waals surface area contributed by atoms with E-state index in [1.807, 2.05) is 77.9 Å². The standard InChI is InChI=1S/C24H30N4O2/c1-15-7-9-21(13-17(15)3)19(5)25-27-23(29)11-12-24(30)28-26-20(6)22-10-8-16(2)18(4)14-22/h7-10,13-14H,11-12H2,1-6H3,(H,27,29)(H,28,30). The van der Waals surface area contributed by atoms with E-state index in [0.717, 1.165) is 11.1 Å². The molecule has 2 N–H and O–H groups in total. The number of nitrogens with zero attached hydrogens (tertiary/aromatic N) is 2. The van der Waals surface area contributed by atoms with Crippen LogP contribution in [-0.4, -0.2) is 23.2 Å². The molecule has 6 heteroatoms. The highest BCUT2D eigenvalue weighted by atomic mass is 16.2. The molecule has 2 rings (SSSR count). The van der Waals surface area contributed by atoms with Gasteiger partial charge in [-0.25, -0.2) is 10.9 Å². The highest BCUT2D eigenvalue weighted by Crippen LogP contribution is 2.11. The quantitative estimate of drug-likeness (QED) is 0.536. The molecule has 0 fully saturated rings. The summed E-state index contributed by atoms with van der Waals surface area (Å²) in [5.41, 5.74) is 13.1. The van der Waals surface area contributed by atoms with Crippen LogP contribution in [0.2, 0.25) is 0 Å². The third-order valence-electron chi connectivity index (χ3n) is 5.13. The summed E-state index contributed by atoms with van der Waals surface area (Å²) in [4.78, 5) is 24.0. The number of rotatable bonds is 7. The number of hydrogen-bond donors (Lipinski definition) is 2. The fourth-order valence-corrected chi connectivity index (χ4v) is 2.69. The molecule has 30 heavy (non-hydrogen) atoms. The average Bonchev–Trinajstić information content (AvgIpc) is 2.72. The van der Waals surface area contributed by atoms with Crippen molar-refractivity contribution in [2.24, 2.45) is 10.2 Å². The molecule has 0 radical (unpaired) electrons. The van der Waals surface area contributed by atoms with Crippen LogP contribution in [0.4, 0.5) is 0 Å². The number of benzene rings is 2. The van der Waals surface area contributed by atoms with E-state index >= 15 is 0 Å². The first-order chi connectivity index (χ1) is 14.2. The third-order valence-corrected chi connectivity index (χ3v) is 5.13. The summed E-state index contributed by atoms with van der Waals surface area (Å²) in [6, 6.07) is 12.0. The van der Waals surface area contributed by atoms with Crippen LogP contribution in [0.5, 0.6) is 0 Å². The van der Waals surface area contributed by atoms with Crippen LogP contribution in [0.25, 0.3) is 0 Å². The number of nitrogens with one attached hydrogen (secondary N) is 2. The van der Waals surface area contributed by atoms with Crippen LogP contribution in [0, 0.1) is 27.7 Å². The lowest BCUT2D eigenvalue weighted by atomic mass is 10.0. The molecule has 0 bridgehead atoms. The Kier molecular flexibility index (Phi) is 8.04. The number of carbonyl (C=O) groups excluding carboxylic acids is 2. The summed E-state index contributed by atoms with van der Waals surface area (Å²) in [7, 11) is 0. The van der Waals surface area contributed by atoms with Crippen molar-refractivity contribution >= 4 is 23.2 Å². The van der Waals surface area contributed by atoms with Gasteiger partial charge in [-0.1, -0.05) is 24.3 Å². The van der Waals surface area contributed by atoms with E-state index in [0.29, 0.717) is 11.4 Å².